The van der Waals surface area contributed by atoms with Gasteiger partial charge in [0.05, 0.1) is 11.8 Å². The van der Waals surface area contributed by atoms with E-state index in [2.05, 4.69) is 16.8 Å². The van der Waals surface area contributed by atoms with Gasteiger partial charge in [-0.1, -0.05) is 36.0 Å². The molecule has 0 fully saturated rings. The molecule has 3 rings (SSSR count). The molecular weight excluding hydrogens is 313 g/mol. The number of aryl methyl sites for hydroxylation is 1. The van der Waals surface area contributed by atoms with E-state index in [0.29, 0.717) is 17.9 Å². The summed E-state index contributed by atoms with van der Waals surface area (Å²) in [7, 11) is 0. The van der Waals surface area contributed by atoms with Crippen molar-refractivity contribution in [3.63, 3.8) is 0 Å². The van der Waals surface area contributed by atoms with Crippen LogP contribution < -0.4 is 0 Å². The topological polar surface area (TPSA) is 43.9 Å². The largest absolute Gasteiger partial charge is 0.469 e. The second-order valence-corrected chi connectivity index (χ2v) is 5.92. The summed E-state index contributed by atoms with van der Waals surface area (Å²) in [5, 5.41) is 9.23. The van der Waals surface area contributed by atoms with Gasteiger partial charge in [0.15, 0.2) is 11.0 Å². The number of rotatable bonds is 6. The van der Waals surface area contributed by atoms with Crippen molar-refractivity contribution >= 4 is 11.8 Å². The first-order chi connectivity index (χ1) is 11.2. The summed E-state index contributed by atoms with van der Waals surface area (Å²) < 4.78 is 21.0. The summed E-state index contributed by atoms with van der Waals surface area (Å²) >= 11 is 1.45. The van der Waals surface area contributed by atoms with Crippen LogP contribution in [-0.2, 0) is 12.3 Å². The maximum absolute atomic E-state index is 13.7. The Bertz CT molecular complexity index is 825. The molecule has 0 spiro atoms. The molecule has 6 heteroatoms. The third kappa shape index (κ3) is 3.22. The number of hydrogen-bond acceptors (Lipinski definition) is 4. The summed E-state index contributed by atoms with van der Waals surface area (Å²) in [5.74, 6) is 1.80. The Kier molecular flexibility index (Phi) is 4.62. The lowest BCUT2D eigenvalue weighted by molar-refractivity contribution is 0.534. The number of halogens is 1. The number of nitrogens with zero attached hydrogens (tertiary/aromatic N) is 3. The molecule has 0 bridgehead atoms. The first kappa shape index (κ1) is 15.6. The molecule has 0 aliphatic heterocycles. The van der Waals surface area contributed by atoms with Crippen molar-refractivity contribution in [3.8, 4) is 11.4 Å². The Morgan fingerprint density at radius 3 is 2.83 bits per heavy atom. The summed E-state index contributed by atoms with van der Waals surface area (Å²) in [6, 6.07) is 8.61. The second kappa shape index (κ2) is 6.83. The molecule has 0 saturated heterocycles. The summed E-state index contributed by atoms with van der Waals surface area (Å²) in [6.07, 6.45) is 3.42. The molecule has 0 unspecified atom stereocenters. The molecule has 0 saturated carbocycles. The van der Waals surface area contributed by atoms with Crippen molar-refractivity contribution < 1.29 is 8.81 Å². The van der Waals surface area contributed by atoms with E-state index in [1.165, 1.54) is 17.8 Å². The number of benzene rings is 1. The highest BCUT2D eigenvalue weighted by Crippen LogP contribution is 2.29. The van der Waals surface area contributed by atoms with Gasteiger partial charge in [-0.05, 0) is 24.6 Å². The predicted molar refractivity (Wildman–Crippen MR) is 88.6 cm³/mol. The van der Waals surface area contributed by atoms with E-state index >= 15 is 0 Å². The predicted octanol–water partition coefficient (Wildman–Crippen LogP) is 4.46. The highest BCUT2D eigenvalue weighted by molar-refractivity contribution is 7.98. The van der Waals surface area contributed by atoms with Gasteiger partial charge in [0.1, 0.15) is 11.6 Å². The van der Waals surface area contributed by atoms with Gasteiger partial charge in [0.25, 0.3) is 0 Å². The summed E-state index contributed by atoms with van der Waals surface area (Å²) in [6.45, 7) is 6.24. The van der Waals surface area contributed by atoms with E-state index < -0.39 is 0 Å². The van der Waals surface area contributed by atoms with E-state index in [-0.39, 0.29) is 5.82 Å². The zero-order valence-corrected chi connectivity index (χ0v) is 13.5. The van der Waals surface area contributed by atoms with E-state index in [1.54, 1.807) is 24.5 Å². The van der Waals surface area contributed by atoms with Gasteiger partial charge in [0, 0.05) is 12.3 Å². The minimum absolute atomic E-state index is 0.208. The third-order valence-electron chi connectivity index (χ3n) is 3.44. The quantitative estimate of drug-likeness (QED) is 0.494. The Balaban J connectivity index is 1.88. The number of furan rings is 1. The van der Waals surface area contributed by atoms with Crippen LogP contribution in [0.1, 0.15) is 11.3 Å². The SMILES string of the molecule is C=CCn1c(SCc2ccccc2F)nnc1-c1ccoc1C. The van der Waals surface area contributed by atoms with Gasteiger partial charge in [0.2, 0.25) is 0 Å². The molecule has 3 aromatic rings. The van der Waals surface area contributed by atoms with Crippen LogP contribution in [0.3, 0.4) is 0 Å². The molecule has 0 atom stereocenters. The van der Waals surface area contributed by atoms with Crippen LogP contribution in [0.15, 0.2) is 58.8 Å². The zero-order valence-electron chi connectivity index (χ0n) is 12.7. The molecule has 2 heterocycles. The highest BCUT2D eigenvalue weighted by Gasteiger charge is 2.17. The van der Waals surface area contributed by atoms with Crippen LogP contribution >= 0.6 is 11.8 Å². The molecule has 0 aliphatic carbocycles. The number of allylic oxidation sites excluding steroid dienone is 1. The van der Waals surface area contributed by atoms with Crippen LogP contribution in [0.4, 0.5) is 4.39 Å². The van der Waals surface area contributed by atoms with Crippen molar-refractivity contribution in [2.24, 2.45) is 0 Å². The zero-order chi connectivity index (χ0) is 16.2. The Hall–Kier alpha value is -2.34. The average molecular weight is 329 g/mol. The fourth-order valence-electron chi connectivity index (χ4n) is 2.26. The minimum atomic E-state index is -0.208. The number of hydrogen-bond donors (Lipinski definition) is 0. The van der Waals surface area contributed by atoms with Gasteiger partial charge in [-0.2, -0.15) is 0 Å². The molecule has 0 radical (unpaired) electrons. The molecule has 2 aromatic heterocycles. The maximum atomic E-state index is 13.7. The monoisotopic (exact) mass is 329 g/mol. The van der Waals surface area contributed by atoms with E-state index in [0.717, 1.165) is 22.3 Å². The van der Waals surface area contributed by atoms with Crippen molar-refractivity contribution in [3.05, 3.63) is 66.4 Å². The lowest BCUT2D eigenvalue weighted by atomic mass is 10.2. The first-order valence-electron chi connectivity index (χ1n) is 7.15. The smallest absolute Gasteiger partial charge is 0.192 e. The standard InChI is InChI=1S/C17H16FN3OS/c1-3-9-21-16(14-8-10-22-12(14)2)19-20-17(21)23-11-13-6-4-5-7-15(13)18/h3-8,10H,1,9,11H2,2H3. The molecule has 0 amide bonds. The fourth-order valence-corrected chi connectivity index (χ4v) is 3.20. The number of thioether (sulfide) groups is 1. The molecular formula is C17H16FN3OS. The van der Waals surface area contributed by atoms with Gasteiger partial charge in [-0.25, -0.2) is 4.39 Å². The van der Waals surface area contributed by atoms with Crippen LogP contribution in [0.25, 0.3) is 11.4 Å². The van der Waals surface area contributed by atoms with Crippen LogP contribution in [0.5, 0.6) is 0 Å². The van der Waals surface area contributed by atoms with Crippen molar-refractivity contribution in [2.75, 3.05) is 0 Å². The van der Waals surface area contributed by atoms with E-state index in [4.69, 9.17) is 4.42 Å². The lowest BCUT2D eigenvalue weighted by Crippen LogP contribution is -2.01. The molecule has 0 aliphatic rings. The van der Waals surface area contributed by atoms with Crippen LogP contribution in [-0.4, -0.2) is 14.8 Å². The lowest BCUT2D eigenvalue weighted by Gasteiger charge is -2.07. The molecule has 4 nitrogen and oxygen atoms in total. The number of aromatic nitrogens is 3. The first-order valence-corrected chi connectivity index (χ1v) is 8.14. The fraction of sp³-hybridized carbons (Fsp3) is 0.176. The summed E-state index contributed by atoms with van der Waals surface area (Å²) in [4.78, 5) is 0. The van der Waals surface area contributed by atoms with Gasteiger partial charge < -0.3 is 4.42 Å². The van der Waals surface area contributed by atoms with Gasteiger partial charge >= 0.3 is 0 Å². The highest BCUT2D eigenvalue weighted by atomic mass is 32.2. The maximum Gasteiger partial charge on any atom is 0.192 e. The van der Waals surface area contributed by atoms with Crippen LogP contribution in [0.2, 0.25) is 0 Å². The Morgan fingerprint density at radius 1 is 1.30 bits per heavy atom. The normalized spacial score (nSPS) is 10.9. The van der Waals surface area contributed by atoms with Crippen LogP contribution in [0, 0.1) is 12.7 Å². The average Bonchev–Trinajstić information content (AvgIpc) is 3.13. The molecule has 23 heavy (non-hydrogen) atoms. The van der Waals surface area contributed by atoms with Gasteiger partial charge in [-0.15, -0.1) is 16.8 Å². The molecule has 118 valence electrons. The second-order valence-electron chi connectivity index (χ2n) is 4.98. The van der Waals surface area contributed by atoms with E-state index in [1.807, 2.05) is 23.6 Å². The minimum Gasteiger partial charge on any atom is -0.469 e. The summed E-state index contributed by atoms with van der Waals surface area (Å²) in [5.41, 5.74) is 1.55. The third-order valence-corrected chi connectivity index (χ3v) is 4.46. The Morgan fingerprint density at radius 2 is 2.13 bits per heavy atom. The van der Waals surface area contributed by atoms with Gasteiger partial charge in [-0.3, -0.25) is 4.57 Å². The molecule has 1 aromatic carbocycles. The van der Waals surface area contributed by atoms with Crippen molar-refractivity contribution in [1.29, 1.82) is 0 Å². The van der Waals surface area contributed by atoms with Crippen molar-refractivity contribution in [2.45, 2.75) is 24.4 Å². The molecule has 0 N–H and O–H groups in total. The Labute approximate surface area is 138 Å². The van der Waals surface area contributed by atoms with Crippen molar-refractivity contribution in [1.82, 2.24) is 14.8 Å². The van der Waals surface area contributed by atoms with E-state index in [9.17, 15) is 4.39 Å².